The first kappa shape index (κ1) is 10.9. The van der Waals surface area contributed by atoms with Crippen molar-refractivity contribution in [2.24, 2.45) is 0 Å². The Hall–Kier alpha value is -1.17. The highest BCUT2D eigenvalue weighted by Crippen LogP contribution is 2.29. The summed E-state index contributed by atoms with van der Waals surface area (Å²) in [5, 5.41) is 9.04. The number of aromatic nitrogens is 1. The van der Waals surface area contributed by atoms with Crippen LogP contribution in [0, 0.1) is 0 Å². The number of halogens is 4. The minimum atomic E-state index is -4.87. The maximum Gasteiger partial charge on any atom is 0.574 e. The standard InChI is InChI=1S/C7H5ClF3NO2/c8-2-4-1-5(13)6(12-3-4)14-7(9,10)11/h1,3,13H,2H2. The van der Waals surface area contributed by atoms with Gasteiger partial charge in [-0.2, -0.15) is 0 Å². The predicted octanol–water partition coefficient (Wildman–Crippen LogP) is 2.42. The first-order valence-corrected chi connectivity index (χ1v) is 3.95. The summed E-state index contributed by atoms with van der Waals surface area (Å²) in [4.78, 5) is 3.26. The molecule has 0 atom stereocenters. The second kappa shape index (κ2) is 3.91. The van der Waals surface area contributed by atoms with Crippen molar-refractivity contribution >= 4 is 11.6 Å². The highest BCUT2D eigenvalue weighted by molar-refractivity contribution is 6.17. The van der Waals surface area contributed by atoms with Crippen molar-refractivity contribution in [3.05, 3.63) is 17.8 Å². The van der Waals surface area contributed by atoms with E-state index in [0.29, 0.717) is 5.56 Å². The largest absolute Gasteiger partial charge is 0.574 e. The molecule has 1 aromatic rings. The Morgan fingerprint density at radius 3 is 2.57 bits per heavy atom. The van der Waals surface area contributed by atoms with Gasteiger partial charge in [0.1, 0.15) is 0 Å². The molecule has 14 heavy (non-hydrogen) atoms. The smallest absolute Gasteiger partial charge is 0.503 e. The predicted molar refractivity (Wildman–Crippen MR) is 42.1 cm³/mol. The molecule has 1 rings (SSSR count). The van der Waals surface area contributed by atoms with E-state index in [9.17, 15) is 13.2 Å². The summed E-state index contributed by atoms with van der Waals surface area (Å²) in [6.45, 7) is 0. The minimum absolute atomic E-state index is 0.0485. The number of nitrogens with zero attached hydrogens (tertiary/aromatic N) is 1. The monoisotopic (exact) mass is 227 g/mol. The lowest BCUT2D eigenvalue weighted by Gasteiger charge is -2.09. The van der Waals surface area contributed by atoms with Gasteiger partial charge < -0.3 is 9.84 Å². The molecule has 0 aliphatic rings. The van der Waals surface area contributed by atoms with Crippen LogP contribution in [0.4, 0.5) is 13.2 Å². The van der Waals surface area contributed by atoms with Crippen molar-refractivity contribution in [1.29, 1.82) is 0 Å². The van der Waals surface area contributed by atoms with E-state index in [4.69, 9.17) is 16.7 Å². The third-order valence-electron chi connectivity index (χ3n) is 1.26. The fraction of sp³-hybridized carbons (Fsp3) is 0.286. The van der Waals surface area contributed by atoms with E-state index >= 15 is 0 Å². The molecule has 0 fully saturated rings. The van der Waals surface area contributed by atoms with Crippen LogP contribution in [-0.2, 0) is 5.88 Å². The Balaban J connectivity index is 2.89. The molecule has 3 nitrogen and oxygen atoms in total. The summed E-state index contributed by atoms with van der Waals surface area (Å²) in [5.74, 6) is -1.53. The van der Waals surface area contributed by atoms with Crippen molar-refractivity contribution in [2.45, 2.75) is 12.2 Å². The van der Waals surface area contributed by atoms with E-state index in [1.807, 2.05) is 0 Å². The van der Waals surface area contributed by atoms with Gasteiger partial charge >= 0.3 is 6.36 Å². The Morgan fingerprint density at radius 1 is 1.50 bits per heavy atom. The molecule has 78 valence electrons. The highest BCUT2D eigenvalue weighted by atomic mass is 35.5. The van der Waals surface area contributed by atoms with Gasteiger partial charge in [-0.15, -0.1) is 24.8 Å². The Bertz CT molecular complexity index is 329. The number of hydrogen-bond donors (Lipinski definition) is 1. The van der Waals surface area contributed by atoms with Crippen LogP contribution in [0.2, 0.25) is 0 Å². The Morgan fingerprint density at radius 2 is 2.14 bits per heavy atom. The van der Waals surface area contributed by atoms with E-state index in [1.165, 1.54) is 0 Å². The van der Waals surface area contributed by atoms with Crippen LogP contribution in [0.3, 0.4) is 0 Å². The lowest BCUT2D eigenvalue weighted by atomic mass is 10.3. The number of ether oxygens (including phenoxy) is 1. The zero-order valence-electron chi connectivity index (χ0n) is 6.68. The van der Waals surface area contributed by atoms with Crippen molar-refractivity contribution in [3.8, 4) is 11.6 Å². The number of alkyl halides is 4. The van der Waals surface area contributed by atoms with Gasteiger partial charge in [-0.25, -0.2) is 4.98 Å². The van der Waals surface area contributed by atoms with Gasteiger partial charge in [-0.05, 0) is 11.6 Å². The van der Waals surface area contributed by atoms with Crippen molar-refractivity contribution < 1.29 is 23.0 Å². The molecule has 0 unspecified atom stereocenters. The van der Waals surface area contributed by atoms with E-state index in [-0.39, 0.29) is 5.88 Å². The second-order valence-electron chi connectivity index (χ2n) is 2.35. The summed E-state index contributed by atoms with van der Waals surface area (Å²) in [6.07, 6.45) is -3.78. The third-order valence-corrected chi connectivity index (χ3v) is 1.56. The summed E-state index contributed by atoms with van der Waals surface area (Å²) in [6, 6.07) is 1.06. The summed E-state index contributed by atoms with van der Waals surface area (Å²) < 4.78 is 38.5. The first-order valence-electron chi connectivity index (χ1n) is 3.42. The lowest BCUT2D eigenvalue weighted by molar-refractivity contribution is -0.276. The molecule has 1 heterocycles. The lowest BCUT2D eigenvalue weighted by Crippen LogP contribution is -2.18. The van der Waals surface area contributed by atoms with Gasteiger partial charge in [0, 0.05) is 12.1 Å². The number of pyridine rings is 1. The van der Waals surface area contributed by atoms with Crippen molar-refractivity contribution in [1.82, 2.24) is 4.98 Å². The summed E-state index contributed by atoms with van der Waals surface area (Å²) in [7, 11) is 0. The molecule has 0 saturated heterocycles. The molecule has 0 aliphatic heterocycles. The van der Waals surface area contributed by atoms with E-state index in [0.717, 1.165) is 12.3 Å². The molecule has 7 heteroatoms. The fourth-order valence-corrected chi connectivity index (χ4v) is 0.890. The van der Waals surface area contributed by atoms with Crippen molar-refractivity contribution in [3.63, 3.8) is 0 Å². The molecule has 0 spiro atoms. The maximum absolute atomic E-state index is 11.7. The van der Waals surface area contributed by atoms with Crippen LogP contribution in [-0.4, -0.2) is 16.5 Å². The molecular weight excluding hydrogens is 223 g/mol. The summed E-state index contributed by atoms with van der Waals surface area (Å²) in [5.41, 5.74) is 0.402. The zero-order valence-corrected chi connectivity index (χ0v) is 7.43. The second-order valence-corrected chi connectivity index (χ2v) is 2.62. The molecular formula is C7H5ClF3NO2. The molecule has 0 aliphatic carbocycles. The Kier molecular flexibility index (Phi) is 3.05. The van der Waals surface area contributed by atoms with Crippen LogP contribution < -0.4 is 4.74 Å². The van der Waals surface area contributed by atoms with Gasteiger partial charge in [0.05, 0.1) is 0 Å². The normalized spacial score (nSPS) is 11.4. The molecule has 0 bridgehead atoms. The summed E-state index contributed by atoms with van der Waals surface area (Å²) >= 11 is 5.37. The molecule has 1 N–H and O–H groups in total. The molecule has 0 amide bonds. The fourth-order valence-electron chi connectivity index (χ4n) is 0.744. The van der Waals surface area contributed by atoms with Crippen LogP contribution in [0.5, 0.6) is 11.6 Å². The van der Waals surface area contributed by atoms with Gasteiger partial charge in [-0.3, -0.25) is 0 Å². The maximum atomic E-state index is 11.7. The van der Waals surface area contributed by atoms with Crippen LogP contribution in [0.15, 0.2) is 12.3 Å². The van der Waals surface area contributed by atoms with Crippen LogP contribution in [0.25, 0.3) is 0 Å². The SMILES string of the molecule is Oc1cc(CCl)cnc1OC(F)(F)F. The quantitative estimate of drug-likeness (QED) is 0.789. The van der Waals surface area contributed by atoms with Gasteiger partial charge in [0.15, 0.2) is 5.75 Å². The number of hydrogen-bond acceptors (Lipinski definition) is 3. The zero-order chi connectivity index (χ0) is 10.8. The first-order chi connectivity index (χ1) is 6.42. The number of aromatic hydroxyl groups is 1. The molecule has 1 aromatic heterocycles. The average Bonchev–Trinajstić information content (AvgIpc) is 2.06. The van der Waals surface area contributed by atoms with E-state index in [2.05, 4.69) is 9.72 Å². The highest BCUT2D eigenvalue weighted by Gasteiger charge is 2.33. The van der Waals surface area contributed by atoms with Crippen molar-refractivity contribution in [2.75, 3.05) is 0 Å². The van der Waals surface area contributed by atoms with Gasteiger partial charge in [-0.1, -0.05) is 0 Å². The topological polar surface area (TPSA) is 42.4 Å². The van der Waals surface area contributed by atoms with Gasteiger partial charge in [0.2, 0.25) is 0 Å². The van der Waals surface area contributed by atoms with Crippen LogP contribution >= 0.6 is 11.6 Å². The van der Waals surface area contributed by atoms with Crippen LogP contribution in [0.1, 0.15) is 5.56 Å². The molecule has 0 aromatic carbocycles. The molecule has 0 saturated carbocycles. The average molecular weight is 228 g/mol. The van der Waals surface area contributed by atoms with Gasteiger partial charge in [0.25, 0.3) is 5.88 Å². The molecule has 0 radical (unpaired) electrons. The van der Waals surface area contributed by atoms with E-state index in [1.54, 1.807) is 0 Å². The Labute approximate surface area is 82.1 Å². The number of rotatable bonds is 2. The third kappa shape index (κ3) is 2.95. The van der Waals surface area contributed by atoms with E-state index < -0.39 is 18.0 Å². The minimum Gasteiger partial charge on any atom is -0.503 e.